The van der Waals surface area contributed by atoms with Crippen molar-refractivity contribution in [2.24, 2.45) is 0 Å². The highest BCUT2D eigenvalue weighted by Crippen LogP contribution is 2.27. The molecule has 1 N–H and O–H groups in total. The predicted molar refractivity (Wildman–Crippen MR) is 35.7 cm³/mol. The van der Waals surface area contributed by atoms with Gasteiger partial charge in [-0.3, -0.25) is 0 Å². The second kappa shape index (κ2) is 2.54. The lowest BCUT2D eigenvalue weighted by molar-refractivity contribution is 0.424. The van der Waals surface area contributed by atoms with E-state index in [1.807, 2.05) is 0 Å². The zero-order chi connectivity index (χ0) is 7.72. The van der Waals surface area contributed by atoms with Crippen molar-refractivity contribution in [1.82, 2.24) is 0 Å². The van der Waals surface area contributed by atoms with Crippen molar-refractivity contribution in [3.8, 4) is 5.75 Å². The molecule has 1 aromatic rings. The van der Waals surface area contributed by atoms with Crippen molar-refractivity contribution in [3.05, 3.63) is 28.2 Å². The van der Waals surface area contributed by atoms with Crippen LogP contribution in [0.1, 0.15) is 0 Å². The highest BCUT2D eigenvalue weighted by molar-refractivity contribution is 9.10. The second-order valence-electron chi connectivity index (χ2n) is 1.72. The van der Waals surface area contributed by atoms with Crippen LogP contribution in [0.3, 0.4) is 0 Å². The van der Waals surface area contributed by atoms with Gasteiger partial charge in [-0.25, -0.2) is 8.78 Å². The molecule has 0 saturated carbocycles. The molecule has 0 spiro atoms. The SMILES string of the molecule is Oc1c(F)cc(F)cc1Br. The molecule has 0 unspecified atom stereocenters. The molecule has 0 saturated heterocycles. The van der Waals surface area contributed by atoms with E-state index in [2.05, 4.69) is 15.9 Å². The summed E-state index contributed by atoms with van der Waals surface area (Å²) in [6, 6.07) is 1.60. The monoisotopic (exact) mass is 208 g/mol. The maximum absolute atomic E-state index is 12.3. The minimum atomic E-state index is -0.966. The van der Waals surface area contributed by atoms with Crippen LogP contribution in [-0.2, 0) is 0 Å². The fraction of sp³-hybridized carbons (Fsp3) is 0. The lowest BCUT2D eigenvalue weighted by Crippen LogP contribution is -1.80. The molecule has 0 radical (unpaired) electrons. The number of rotatable bonds is 0. The summed E-state index contributed by atoms with van der Waals surface area (Å²) in [5.41, 5.74) is 0. The number of hydrogen-bond acceptors (Lipinski definition) is 1. The highest BCUT2D eigenvalue weighted by atomic mass is 79.9. The zero-order valence-electron chi connectivity index (χ0n) is 4.74. The summed E-state index contributed by atoms with van der Waals surface area (Å²) in [6.07, 6.45) is 0. The smallest absolute Gasteiger partial charge is 0.168 e. The van der Waals surface area contributed by atoms with E-state index >= 15 is 0 Å². The van der Waals surface area contributed by atoms with Gasteiger partial charge >= 0.3 is 0 Å². The first-order valence-electron chi connectivity index (χ1n) is 2.45. The molecule has 1 nitrogen and oxygen atoms in total. The van der Waals surface area contributed by atoms with Crippen LogP contribution in [-0.4, -0.2) is 5.11 Å². The second-order valence-corrected chi connectivity index (χ2v) is 2.57. The first-order chi connectivity index (χ1) is 4.61. The topological polar surface area (TPSA) is 20.2 Å². The van der Waals surface area contributed by atoms with Gasteiger partial charge in [-0.2, -0.15) is 0 Å². The molecule has 0 aromatic heterocycles. The molecule has 0 aliphatic heterocycles. The fourth-order valence-corrected chi connectivity index (χ4v) is 0.943. The van der Waals surface area contributed by atoms with Crippen LogP contribution in [0.25, 0.3) is 0 Å². The van der Waals surface area contributed by atoms with Crippen LogP contribution in [0.2, 0.25) is 0 Å². The van der Waals surface area contributed by atoms with Crippen LogP contribution in [0.5, 0.6) is 5.75 Å². The van der Waals surface area contributed by atoms with E-state index in [4.69, 9.17) is 5.11 Å². The van der Waals surface area contributed by atoms with E-state index in [-0.39, 0.29) is 4.47 Å². The average molecular weight is 209 g/mol. The molecule has 0 aliphatic rings. The summed E-state index contributed by atoms with van der Waals surface area (Å²) >= 11 is 2.77. The molecular formula is C6H3BrF2O. The van der Waals surface area contributed by atoms with Gasteiger partial charge in [0.2, 0.25) is 0 Å². The summed E-state index contributed by atoms with van der Waals surface area (Å²) in [5, 5.41) is 8.74. The Kier molecular flexibility index (Phi) is 1.89. The summed E-state index contributed by atoms with van der Waals surface area (Å²) in [5.74, 6) is -2.25. The molecular weight excluding hydrogens is 206 g/mol. The Labute approximate surface area is 64.4 Å². The van der Waals surface area contributed by atoms with Gasteiger partial charge in [-0.15, -0.1) is 0 Å². The third-order valence-electron chi connectivity index (χ3n) is 0.982. The number of aromatic hydroxyl groups is 1. The minimum absolute atomic E-state index is 0.0185. The Morgan fingerprint density at radius 3 is 2.40 bits per heavy atom. The van der Waals surface area contributed by atoms with Crippen LogP contribution in [0.4, 0.5) is 8.78 Å². The molecule has 4 heteroatoms. The maximum atomic E-state index is 12.3. The van der Waals surface area contributed by atoms with Crippen molar-refractivity contribution in [2.75, 3.05) is 0 Å². The summed E-state index contributed by atoms with van der Waals surface area (Å²) in [6.45, 7) is 0. The van der Waals surface area contributed by atoms with Crippen molar-refractivity contribution < 1.29 is 13.9 Å². The minimum Gasteiger partial charge on any atom is -0.504 e. The molecule has 0 atom stereocenters. The maximum Gasteiger partial charge on any atom is 0.168 e. The fourth-order valence-electron chi connectivity index (χ4n) is 0.535. The Bertz CT molecular complexity index is 239. The third-order valence-corrected chi connectivity index (χ3v) is 1.59. The van der Waals surface area contributed by atoms with Gasteiger partial charge in [0, 0.05) is 6.07 Å². The largest absolute Gasteiger partial charge is 0.504 e. The molecule has 10 heavy (non-hydrogen) atoms. The molecule has 54 valence electrons. The van der Waals surface area contributed by atoms with E-state index in [0.717, 1.165) is 6.07 Å². The van der Waals surface area contributed by atoms with E-state index in [0.29, 0.717) is 6.07 Å². The molecule has 0 aliphatic carbocycles. The first kappa shape index (κ1) is 7.47. The third kappa shape index (κ3) is 1.26. The van der Waals surface area contributed by atoms with Crippen molar-refractivity contribution in [3.63, 3.8) is 0 Å². The van der Waals surface area contributed by atoms with E-state index in [1.54, 1.807) is 0 Å². The first-order valence-corrected chi connectivity index (χ1v) is 3.24. The van der Waals surface area contributed by atoms with Crippen molar-refractivity contribution in [2.45, 2.75) is 0 Å². The summed E-state index contributed by atoms with van der Waals surface area (Å²) < 4.78 is 24.6. The van der Waals surface area contributed by atoms with E-state index in [1.165, 1.54) is 0 Å². The van der Waals surface area contributed by atoms with E-state index < -0.39 is 17.4 Å². The highest BCUT2D eigenvalue weighted by Gasteiger charge is 2.06. The number of phenolic OH excluding ortho intramolecular Hbond substituents is 1. The van der Waals surface area contributed by atoms with Gasteiger partial charge in [0.1, 0.15) is 5.82 Å². The van der Waals surface area contributed by atoms with Crippen LogP contribution in [0.15, 0.2) is 16.6 Å². The summed E-state index contributed by atoms with van der Waals surface area (Å²) in [4.78, 5) is 0. The zero-order valence-corrected chi connectivity index (χ0v) is 6.32. The van der Waals surface area contributed by atoms with Crippen molar-refractivity contribution >= 4 is 15.9 Å². The summed E-state index contributed by atoms with van der Waals surface area (Å²) in [7, 11) is 0. The van der Waals surface area contributed by atoms with Gasteiger partial charge in [0.05, 0.1) is 4.47 Å². The molecule has 0 fully saturated rings. The molecule has 1 rings (SSSR count). The predicted octanol–water partition coefficient (Wildman–Crippen LogP) is 2.43. The molecule has 0 heterocycles. The quantitative estimate of drug-likeness (QED) is 0.695. The lowest BCUT2D eigenvalue weighted by Gasteiger charge is -1.96. The Hall–Kier alpha value is -0.640. The number of hydrogen-bond donors (Lipinski definition) is 1. The Morgan fingerprint density at radius 2 is 1.90 bits per heavy atom. The number of benzene rings is 1. The van der Waals surface area contributed by atoms with Gasteiger partial charge < -0.3 is 5.11 Å². The van der Waals surface area contributed by atoms with Gasteiger partial charge in [-0.1, -0.05) is 0 Å². The molecule has 0 bridgehead atoms. The number of halogens is 3. The van der Waals surface area contributed by atoms with Gasteiger partial charge in [-0.05, 0) is 22.0 Å². The van der Waals surface area contributed by atoms with Gasteiger partial charge in [0.15, 0.2) is 11.6 Å². The lowest BCUT2D eigenvalue weighted by atomic mass is 10.3. The van der Waals surface area contributed by atoms with Gasteiger partial charge in [0.25, 0.3) is 0 Å². The Morgan fingerprint density at radius 1 is 1.30 bits per heavy atom. The molecule has 0 amide bonds. The normalized spacial score (nSPS) is 9.90. The van der Waals surface area contributed by atoms with Crippen LogP contribution < -0.4 is 0 Å². The molecule has 1 aromatic carbocycles. The number of phenols is 1. The Balaban J connectivity index is 3.31. The van der Waals surface area contributed by atoms with E-state index in [9.17, 15) is 8.78 Å². The van der Waals surface area contributed by atoms with Crippen LogP contribution in [0, 0.1) is 11.6 Å². The van der Waals surface area contributed by atoms with Crippen molar-refractivity contribution in [1.29, 1.82) is 0 Å². The van der Waals surface area contributed by atoms with Crippen LogP contribution >= 0.6 is 15.9 Å². The average Bonchev–Trinajstić information content (AvgIpc) is 1.82. The standard InChI is InChI=1S/C6H3BrF2O/c7-4-1-3(8)2-5(9)6(4)10/h1-2,10H.